The molecule has 0 unspecified atom stereocenters. The number of carbonyl (C=O) groups excluding carboxylic acids is 1. The lowest BCUT2D eigenvalue weighted by Crippen LogP contribution is -2.28. The van der Waals surface area contributed by atoms with Gasteiger partial charge in [-0.15, -0.1) is 11.8 Å². The van der Waals surface area contributed by atoms with Gasteiger partial charge in [-0.3, -0.25) is 9.78 Å². The zero-order chi connectivity index (χ0) is 13.8. The van der Waals surface area contributed by atoms with E-state index in [-0.39, 0.29) is 5.91 Å². The van der Waals surface area contributed by atoms with Crippen molar-refractivity contribution in [2.75, 3.05) is 5.75 Å². The van der Waals surface area contributed by atoms with Crippen LogP contribution in [-0.2, 0) is 4.79 Å². The molecule has 3 rings (SSSR count). The summed E-state index contributed by atoms with van der Waals surface area (Å²) in [5, 5.41) is 3.10. The number of carbonyl (C=O) groups is 1. The predicted octanol–water partition coefficient (Wildman–Crippen LogP) is 2.85. The maximum atomic E-state index is 11.9. The van der Waals surface area contributed by atoms with Crippen molar-refractivity contribution in [2.24, 2.45) is 0 Å². The van der Waals surface area contributed by atoms with Gasteiger partial charge in [-0.05, 0) is 24.1 Å². The van der Waals surface area contributed by atoms with Gasteiger partial charge in [0.25, 0.3) is 0 Å². The van der Waals surface area contributed by atoms with E-state index >= 15 is 0 Å². The van der Waals surface area contributed by atoms with Crippen molar-refractivity contribution >= 4 is 17.7 Å². The number of pyridine rings is 1. The van der Waals surface area contributed by atoms with Crippen LogP contribution in [0.2, 0.25) is 0 Å². The molecule has 1 aromatic heterocycles. The first kappa shape index (κ1) is 13.2. The third-order valence-corrected chi connectivity index (χ3v) is 4.40. The van der Waals surface area contributed by atoms with Crippen LogP contribution in [-0.4, -0.2) is 22.7 Å². The molecule has 4 heteroatoms. The standard InChI is InChI=1S/C16H16N2OS/c19-16(11-20-13-6-8-17-9-7-13)18-15-10-14(15)12-4-2-1-3-5-12/h1-9,14-15H,10-11H2,(H,18,19)/t14-,15-/m1/s1. The van der Waals surface area contributed by atoms with E-state index in [0.717, 1.165) is 11.3 Å². The van der Waals surface area contributed by atoms with Crippen molar-refractivity contribution in [1.29, 1.82) is 0 Å². The number of nitrogens with zero attached hydrogens (tertiary/aromatic N) is 1. The molecule has 2 aromatic rings. The predicted molar refractivity (Wildman–Crippen MR) is 80.7 cm³/mol. The third kappa shape index (κ3) is 3.39. The van der Waals surface area contributed by atoms with Crippen LogP contribution in [0.15, 0.2) is 59.8 Å². The highest BCUT2D eigenvalue weighted by Crippen LogP contribution is 2.40. The summed E-state index contributed by atoms with van der Waals surface area (Å²) in [6.45, 7) is 0. The van der Waals surface area contributed by atoms with Gasteiger partial charge in [-0.2, -0.15) is 0 Å². The monoisotopic (exact) mass is 284 g/mol. The van der Waals surface area contributed by atoms with Crippen LogP contribution in [0.1, 0.15) is 17.9 Å². The molecule has 0 saturated heterocycles. The second kappa shape index (κ2) is 6.09. The highest BCUT2D eigenvalue weighted by Gasteiger charge is 2.39. The Kier molecular flexibility index (Phi) is 4.02. The Balaban J connectivity index is 1.45. The molecule has 0 aliphatic heterocycles. The van der Waals surface area contributed by atoms with Crippen molar-refractivity contribution < 1.29 is 4.79 Å². The molecule has 1 N–H and O–H groups in total. The van der Waals surface area contributed by atoms with Crippen molar-refractivity contribution in [2.45, 2.75) is 23.3 Å². The molecule has 0 spiro atoms. The largest absolute Gasteiger partial charge is 0.352 e. The smallest absolute Gasteiger partial charge is 0.230 e. The number of hydrogen-bond acceptors (Lipinski definition) is 3. The number of aromatic nitrogens is 1. The summed E-state index contributed by atoms with van der Waals surface area (Å²) in [4.78, 5) is 16.9. The highest BCUT2D eigenvalue weighted by molar-refractivity contribution is 8.00. The van der Waals surface area contributed by atoms with Gasteiger partial charge in [0.1, 0.15) is 0 Å². The van der Waals surface area contributed by atoms with E-state index < -0.39 is 0 Å². The molecule has 2 atom stereocenters. The lowest BCUT2D eigenvalue weighted by atomic mass is 10.1. The van der Waals surface area contributed by atoms with Crippen LogP contribution in [0.3, 0.4) is 0 Å². The van der Waals surface area contributed by atoms with Gasteiger partial charge in [0, 0.05) is 29.2 Å². The molecule has 20 heavy (non-hydrogen) atoms. The number of rotatable bonds is 5. The Labute approximate surface area is 122 Å². The Morgan fingerprint density at radius 3 is 2.70 bits per heavy atom. The first-order valence-corrected chi connectivity index (χ1v) is 7.68. The zero-order valence-corrected chi connectivity index (χ0v) is 11.8. The number of hydrogen-bond donors (Lipinski definition) is 1. The van der Waals surface area contributed by atoms with Crippen molar-refractivity contribution in [1.82, 2.24) is 10.3 Å². The first-order valence-electron chi connectivity index (χ1n) is 6.70. The third-order valence-electron chi connectivity index (χ3n) is 3.38. The van der Waals surface area contributed by atoms with E-state index in [1.807, 2.05) is 30.3 Å². The quantitative estimate of drug-likeness (QED) is 0.858. The Morgan fingerprint density at radius 2 is 1.95 bits per heavy atom. The zero-order valence-electron chi connectivity index (χ0n) is 11.0. The summed E-state index contributed by atoms with van der Waals surface area (Å²) in [5.41, 5.74) is 1.32. The van der Waals surface area contributed by atoms with Crippen LogP contribution < -0.4 is 5.32 Å². The molecule has 1 saturated carbocycles. The average molecular weight is 284 g/mol. The fraction of sp³-hybridized carbons (Fsp3) is 0.250. The number of thioether (sulfide) groups is 1. The normalized spacial score (nSPS) is 20.4. The van der Waals surface area contributed by atoms with Gasteiger partial charge in [0.2, 0.25) is 5.91 Å². The molecule has 1 fully saturated rings. The van der Waals surface area contributed by atoms with Crippen LogP contribution in [0.5, 0.6) is 0 Å². The second-order valence-electron chi connectivity index (χ2n) is 4.90. The van der Waals surface area contributed by atoms with Crippen LogP contribution in [0.25, 0.3) is 0 Å². The highest BCUT2D eigenvalue weighted by atomic mass is 32.2. The maximum absolute atomic E-state index is 11.9. The van der Waals surface area contributed by atoms with Gasteiger partial charge < -0.3 is 5.32 Å². The summed E-state index contributed by atoms with van der Waals surface area (Å²) in [6, 6.07) is 14.5. The molecule has 3 nitrogen and oxygen atoms in total. The van der Waals surface area contributed by atoms with E-state index in [1.54, 1.807) is 24.2 Å². The van der Waals surface area contributed by atoms with Gasteiger partial charge in [0.15, 0.2) is 0 Å². The second-order valence-corrected chi connectivity index (χ2v) is 5.95. The van der Waals surface area contributed by atoms with Crippen LogP contribution in [0, 0.1) is 0 Å². The van der Waals surface area contributed by atoms with Gasteiger partial charge in [-0.1, -0.05) is 30.3 Å². The molecule has 1 heterocycles. The van der Waals surface area contributed by atoms with Gasteiger partial charge in [0.05, 0.1) is 5.75 Å². The SMILES string of the molecule is O=C(CSc1ccncc1)N[C@@H]1C[C@@H]1c1ccccc1. The van der Waals surface area contributed by atoms with E-state index in [2.05, 4.69) is 22.4 Å². The van der Waals surface area contributed by atoms with Crippen molar-refractivity contribution in [3.63, 3.8) is 0 Å². The Morgan fingerprint density at radius 1 is 1.20 bits per heavy atom. The lowest BCUT2D eigenvalue weighted by Gasteiger charge is -2.05. The van der Waals surface area contributed by atoms with E-state index in [0.29, 0.717) is 17.7 Å². The number of benzene rings is 1. The molecule has 1 aliphatic carbocycles. The molecule has 102 valence electrons. The molecular weight excluding hydrogens is 268 g/mol. The van der Waals surface area contributed by atoms with Crippen molar-refractivity contribution in [3.8, 4) is 0 Å². The van der Waals surface area contributed by atoms with E-state index in [9.17, 15) is 4.79 Å². The number of amides is 1. The molecule has 1 amide bonds. The van der Waals surface area contributed by atoms with Crippen molar-refractivity contribution in [3.05, 3.63) is 60.4 Å². The minimum absolute atomic E-state index is 0.107. The van der Waals surface area contributed by atoms with Gasteiger partial charge >= 0.3 is 0 Å². The summed E-state index contributed by atoms with van der Waals surface area (Å²) in [7, 11) is 0. The Hall–Kier alpha value is -1.81. The summed E-state index contributed by atoms with van der Waals surface area (Å²) in [6.07, 6.45) is 4.54. The maximum Gasteiger partial charge on any atom is 0.230 e. The Bertz CT molecular complexity index is 574. The summed E-state index contributed by atoms with van der Waals surface area (Å²) in [5.74, 6) is 1.06. The van der Waals surface area contributed by atoms with Gasteiger partial charge in [-0.25, -0.2) is 0 Å². The molecule has 1 aromatic carbocycles. The average Bonchev–Trinajstić information content (AvgIpc) is 3.26. The fourth-order valence-corrected chi connectivity index (χ4v) is 2.95. The minimum atomic E-state index is 0.107. The molecule has 1 aliphatic rings. The number of nitrogens with one attached hydrogen (secondary N) is 1. The molecule has 0 radical (unpaired) electrons. The fourth-order valence-electron chi connectivity index (χ4n) is 2.25. The van der Waals surface area contributed by atoms with Crippen LogP contribution >= 0.6 is 11.8 Å². The lowest BCUT2D eigenvalue weighted by molar-refractivity contribution is -0.118. The minimum Gasteiger partial charge on any atom is -0.352 e. The molecular formula is C16H16N2OS. The summed E-state index contributed by atoms with van der Waals surface area (Å²) < 4.78 is 0. The van der Waals surface area contributed by atoms with E-state index in [1.165, 1.54) is 5.56 Å². The summed E-state index contributed by atoms with van der Waals surface area (Å²) >= 11 is 1.54. The molecule has 0 bridgehead atoms. The topological polar surface area (TPSA) is 42.0 Å². The first-order chi connectivity index (χ1) is 9.83. The van der Waals surface area contributed by atoms with E-state index in [4.69, 9.17) is 0 Å². The van der Waals surface area contributed by atoms with Crippen LogP contribution in [0.4, 0.5) is 0 Å².